The van der Waals surface area contributed by atoms with Crippen LogP contribution in [0.25, 0.3) is 22.8 Å². The lowest BCUT2D eigenvalue weighted by molar-refractivity contribution is -0.0524. The second-order valence-electron chi connectivity index (χ2n) is 5.56. The Hall–Kier alpha value is -2.59. The molecule has 0 N–H and O–H groups in total. The van der Waals surface area contributed by atoms with Crippen LogP contribution in [0.15, 0.2) is 41.4 Å². The molecule has 0 radical (unpaired) electrons. The minimum Gasteiger partial charge on any atom is -0.416 e. The van der Waals surface area contributed by atoms with Gasteiger partial charge >= 0.3 is 6.61 Å². The van der Waals surface area contributed by atoms with Crippen LogP contribution in [0.3, 0.4) is 0 Å². The molecule has 2 aromatic heterocycles. The Morgan fingerprint density at radius 1 is 1.15 bits per heavy atom. The standard InChI is InChI=1S/C16H13ClF2N4O3S/c1-23-13(10-5-3-4-6-12(10)27(2,24)25)21-22-14(23)11-7-9(17)8-20-15(11)26-16(18)19/h3-8,16H,1-2H3. The highest BCUT2D eigenvalue weighted by atomic mass is 35.5. The van der Waals surface area contributed by atoms with Gasteiger partial charge in [0, 0.05) is 25.1 Å². The molecule has 2 heterocycles. The summed E-state index contributed by atoms with van der Waals surface area (Å²) in [4.78, 5) is 3.83. The summed E-state index contributed by atoms with van der Waals surface area (Å²) in [6, 6.07) is 7.64. The normalized spacial score (nSPS) is 11.8. The van der Waals surface area contributed by atoms with E-state index in [0.717, 1.165) is 6.26 Å². The number of pyridine rings is 1. The molecule has 0 aliphatic rings. The Labute approximate surface area is 158 Å². The lowest BCUT2D eigenvalue weighted by atomic mass is 10.2. The number of hydrogen-bond acceptors (Lipinski definition) is 6. The van der Waals surface area contributed by atoms with Crippen LogP contribution < -0.4 is 4.74 Å². The number of sulfone groups is 1. The van der Waals surface area contributed by atoms with Gasteiger partial charge in [0.25, 0.3) is 0 Å². The molecule has 0 saturated heterocycles. The van der Waals surface area contributed by atoms with Gasteiger partial charge in [-0.3, -0.25) is 0 Å². The summed E-state index contributed by atoms with van der Waals surface area (Å²) in [5.41, 5.74) is 0.424. The van der Waals surface area contributed by atoms with Gasteiger partial charge in [-0.05, 0) is 18.2 Å². The fourth-order valence-electron chi connectivity index (χ4n) is 2.54. The van der Waals surface area contributed by atoms with Crippen LogP contribution in [0.2, 0.25) is 5.02 Å². The highest BCUT2D eigenvalue weighted by Crippen LogP contribution is 2.33. The summed E-state index contributed by atoms with van der Waals surface area (Å²) >= 11 is 5.92. The van der Waals surface area contributed by atoms with Crippen LogP contribution in [0, 0.1) is 0 Å². The smallest absolute Gasteiger partial charge is 0.388 e. The molecule has 142 valence electrons. The van der Waals surface area contributed by atoms with Gasteiger partial charge in [0.1, 0.15) is 0 Å². The molecule has 11 heteroatoms. The van der Waals surface area contributed by atoms with Crippen molar-refractivity contribution in [2.24, 2.45) is 7.05 Å². The first-order chi connectivity index (χ1) is 12.7. The highest BCUT2D eigenvalue weighted by molar-refractivity contribution is 7.90. The minimum atomic E-state index is -3.52. The third kappa shape index (κ3) is 3.91. The topological polar surface area (TPSA) is 87.0 Å². The first-order valence-electron chi connectivity index (χ1n) is 7.48. The van der Waals surface area contributed by atoms with E-state index in [9.17, 15) is 17.2 Å². The maximum absolute atomic E-state index is 12.7. The van der Waals surface area contributed by atoms with E-state index in [-0.39, 0.29) is 33.0 Å². The van der Waals surface area contributed by atoms with Crippen molar-refractivity contribution < 1.29 is 21.9 Å². The maximum atomic E-state index is 12.7. The van der Waals surface area contributed by atoms with E-state index in [1.807, 2.05) is 0 Å². The molecule has 0 bridgehead atoms. The zero-order chi connectivity index (χ0) is 19.8. The van der Waals surface area contributed by atoms with Crippen molar-refractivity contribution in [3.05, 3.63) is 41.6 Å². The summed E-state index contributed by atoms with van der Waals surface area (Å²) in [6.45, 7) is -3.09. The number of rotatable bonds is 5. The second-order valence-corrected chi connectivity index (χ2v) is 7.98. The summed E-state index contributed by atoms with van der Waals surface area (Å²) in [5, 5.41) is 8.20. The van der Waals surface area contributed by atoms with Crippen LogP contribution in [-0.2, 0) is 16.9 Å². The van der Waals surface area contributed by atoms with Crippen LogP contribution in [0.4, 0.5) is 8.78 Å². The van der Waals surface area contributed by atoms with Gasteiger partial charge < -0.3 is 9.30 Å². The van der Waals surface area contributed by atoms with Crippen molar-refractivity contribution in [2.45, 2.75) is 11.5 Å². The van der Waals surface area contributed by atoms with Crippen LogP contribution >= 0.6 is 11.6 Å². The lowest BCUT2D eigenvalue weighted by Crippen LogP contribution is -2.07. The molecule has 0 spiro atoms. The Morgan fingerprint density at radius 3 is 2.41 bits per heavy atom. The van der Waals surface area contributed by atoms with Crippen molar-refractivity contribution in [3.8, 4) is 28.7 Å². The first-order valence-corrected chi connectivity index (χ1v) is 9.75. The van der Waals surface area contributed by atoms with Gasteiger partial charge in [0.2, 0.25) is 5.88 Å². The summed E-state index contributed by atoms with van der Waals surface area (Å²) < 4.78 is 55.3. The van der Waals surface area contributed by atoms with E-state index in [2.05, 4.69) is 19.9 Å². The van der Waals surface area contributed by atoms with Gasteiger partial charge in [-0.1, -0.05) is 23.7 Å². The third-order valence-corrected chi connectivity index (χ3v) is 5.02. The van der Waals surface area contributed by atoms with Gasteiger partial charge in [-0.15, -0.1) is 10.2 Å². The second kappa shape index (κ2) is 7.20. The Bertz CT molecular complexity index is 1100. The molecule has 3 rings (SSSR count). The summed E-state index contributed by atoms with van der Waals surface area (Å²) in [7, 11) is -1.96. The van der Waals surface area contributed by atoms with Crippen LogP contribution in [0.5, 0.6) is 5.88 Å². The predicted octanol–water partition coefficient (Wildman–Crippen LogP) is 3.20. The number of halogens is 3. The Balaban J connectivity index is 2.18. The van der Waals surface area contributed by atoms with Gasteiger partial charge in [0.05, 0.1) is 15.5 Å². The average molecular weight is 415 g/mol. The molecular formula is C16H13ClF2N4O3S. The van der Waals surface area contributed by atoms with Crippen LogP contribution in [-0.4, -0.2) is 41.0 Å². The molecule has 7 nitrogen and oxygen atoms in total. The monoisotopic (exact) mass is 414 g/mol. The lowest BCUT2D eigenvalue weighted by Gasteiger charge is -2.11. The van der Waals surface area contributed by atoms with Crippen molar-refractivity contribution in [3.63, 3.8) is 0 Å². The largest absolute Gasteiger partial charge is 0.416 e. The number of alkyl halides is 2. The van der Waals surface area contributed by atoms with Gasteiger partial charge in [-0.2, -0.15) is 8.78 Å². The third-order valence-electron chi connectivity index (χ3n) is 3.66. The molecule has 3 aromatic rings. The average Bonchev–Trinajstić information content (AvgIpc) is 2.96. The molecule has 1 aromatic carbocycles. The highest BCUT2D eigenvalue weighted by Gasteiger charge is 2.23. The number of aromatic nitrogens is 4. The fourth-order valence-corrected chi connectivity index (χ4v) is 3.58. The summed E-state index contributed by atoms with van der Waals surface area (Å²) in [5.74, 6) is 0.000740. The van der Waals surface area contributed by atoms with Crippen molar-refractivity contribution >= 4 is 21.4 Å². The predicted molar refractivity (Wildman–Crippen MR) is 94.4 cm³/mol. The van der Waals surface area contributed by atoms with E-state index in [1.54, 1.807) is 25.2 Å². The Kier molecular flexibility index (Phi) is 5.11. The van der Waals surface area contributed by atoms with Gasteiger partial charge in [-0.25, -0.2) is 13.4 Å². The van der Waals surface area contributed by atoms with Crippen molar-refractivity contribution in [1.82, 2.24) is 19.7 Å². The molecular weight excluding hydrogens is 402 g/mol. The van der Waals surface area contributed by atoms with Crippen molar-refractivity contribution in [1.29, 1.82) is 0 Å². The van der Waals surface area contributed by atoms with E-state index < -0.39 is 16.4 Å². The molecule has 0 unspecified atom stereocenters. The zero-order valence-electron chi connectivity index (χ0n) is 14.1. The molecule has 0 aliphatic carbocycles. The maximum Gasteiger partial charge on any atom is 0.388 e. The van der Waals surface area contributed by atoms with E-state index in [1.165, 1.54) is 22.9 Å². The Morgan fingerprint density at radius 2 is 1.78 bits per heavy atom. The molecule has 0 fully saturated rings. The van der Waals surface area contributed by atoms with E-state index in [0.29, 0.717) is 5.56 Å². The quantitative estimate of drug-likeness (QED) is 0.637. The summed E-state index contributed by atoms with van der Waals surface area (Å²) in [6.07, 6.45) is 2.25. The molecule has 0 amide bonds. The van der Waals surface area contributed by atoms with Crippen LogP contribution in [0.1, 0.15) is 0 Å². The number of benzene rings is 1. The number of ether oxygens (including phenoxy) is 1. The fraction of sp³-hybridized carbons (Fsp3) is 0.188. The number of nitrogens with zero attached hydrogens (tertiary/aromatic N) is 4. The number of hydrogen-bond donors (Lipinski definition) is 0. The van der Waals surface area contributed by atoms with Gasteiger partial charge in [0.15, 0.2) is 21.5 Å². The molecule has 27 heavy (non-hydrogen) atoms. The van der Waals surface area contributed by atoms with E-state index in [4.69, 9.17) is 11.6 Å². The van der Waals surface area contributed by atoms with E-state index >= 15 is 0 Å². The first kappa shape index (κ1) is 19.2. The molecule has 0 atom stereocenters. The SMILES string of the molecule is Cn1c(-c2ccccc2S(C)(=O)=O)nnc1-c1cc(Cl)cnc1OC(F)F. The zero-order valence-corrected chi connectivity index (χ0v) is 15.7. The minimum absolute atomic E-state index is 0.0697. The molecule has 0 saturated carbocycles. The molecule has 0 aliphatic heterocycles. The van der Waals surface area contributed by atoms with Crippen molar-refractivity contribution in [2.75, 3.05) is 6.26 Å².